The monoisotopic (exact) mass is 573 g/mol. The molecule has 1 N–H and O–H groups in total. The van der Waals surface area contributed by atoms with Gasteiger partial charge in [0.15, 0.2) is 12.4 Å². The van der Waals surface area contributed by atoms with E-state index in [2.05, 4.69) is 10.3 Å². The van der Waals surface area contributed by atoms with Crippen molar-refractivity contribution in [1.29, 1.82) is 0 Å². The minimum Gasteiger partial charge on any atom is -0.484 e. The molecule has 40 heavy (non-hydrogen) atoms. The van der Waals surface area contributed by atoms with E-state index in [0.717, 1.165) is 12.3 Å². The molecular weight excluding hydrogens is 546 g/mol. The highest BCUT2D eigenvalue weighted by atomic mass is 32.2. The quantitative estimate of drug-likeness (QED) is 0.0959. The molecule has 2 fully saturated rings. The lowest BCUT2D eigenvalue weighted by Crippen LogP contribution is -2.81. The fraction of sp³-hybridized carbons (Fsp3) is 0.440. The SMILES string of the molecule is Cc1ncc([N+](=O)[O-])n1CCO[C@@]1(NC(=O)COc2ccccc2)C(=O)N2[C@@H](C(=O)OCC=C=O)C(C)(C)S[C@@H]21. The van der Waals surface area contributed by atoms with Crippen molar-refractivity contribution in [3.63, 3.8) is 0 Å². The van der Waals surface area contributed by atoms with Crippen LogP contribution in [0.1, 0.15) is 19.7 Å². The largest absolute Gasteiger partial charge is 0.484 e. The number of carbonyl (C=O) groups excluding carboxylic acids is 4. The van der Waals surface area contributed by atoms with Gasteiger partial charge in [-0.15, -0.1) is 11.8 Å². The van der Waals surface area contributed by atoms with E-state index in [-0.39, 0.29) is 25.6 Å². The van der Waals surface area contributed by atoms with Crippen molar-refractivity contribution in [3.8, 4) is 5.75 Å². The van der Waals surface area contributed by atoms with Crippen LogP contribution in [0.15, 0.2) is 42.6 Å². The third kappa shape index (κ3) is 5.43. The van der Waals surface area contributed by atoms with E-state index in [1.54, 1.807) is 51.1 Å². The van der Waals surface area contributed by atoms with Crippen molar-refractivity contribution in [3.05, 3.63) is 58.5 Å². The lowest BCUT2D eigenvalue weighted by atomic mass is 9.93. The Bertz CT molecular complexity index is 1360. The molecule has 2 aromatic rings. The number of aryl methyl sites for hydroxylation is 1. The van der Waals surface area contributed by atoms with Crippen LogP contribution in [0.4, 0.5) is 5.82 Å². The molecule has 2 saturated heterocycles. The molecule has 212 valence electrons. The zero-order valence-corrected chi connectivity index (χ0v) is 22.7. The van der Waals surface area contributed by atoms with Gasteiger partial charge in [-0.2, -0.15) is 0 Å². The summed E-state index contributed by atoms with van der Waals surface area (Å²) in [5.74, 6) is 0.0223. The van der Waals surface area contributed by atoms with Gasteiger partial charge in [0.05, 0.1) is 6.61 Å². The number of aromatic nitrogens is 2. The molecule has 2 amide bonds. The summed E-state index contributed by atoms with van der Waals surface area (Å²) in [6.07, 6.45) is 2.12. The predicted molar refractivity (Wildman–Crippen MR) is 140 cm³/mol. The topological polar surface area (TPSA) is 172 Å². The predicted octanol–water partition coefficient (Wildman–Crippen LogP) is 1.00. The lowest BCUT2D eigenvalue weighted by molar-refractivity contribution is -0.392. The Balaban J connectivity index is 1.55. The fourth-order valence-corrected chi connectivity index (χ4v) is 6.26. The number of β-lactam (4-membered cyclic amide) rings is 1. The van der Waals surface area contributed by atoms with Gasteiger partial charge in [0.25, 0.3) is 17.5 Å². The van der Waals surface area contributed by atoms with Crippen molar-refractivity contribution in [2.24, 2.45) is 0 Å². The summed E-state index contributed by atoms with van der Waals surface area (Å²) in [5, 5.41) is 13.2. The van der Waals surface area contributed by atoms with E-state index in [0.29, 0.717) is 11.6 Å². The summed E-state index contributed by atoms with van der Waals surface area (Å²) in [7, 11) is 0. The summed E-state index contributed by atoms with van der Waals surface area (Å²) in [6.45, 7) is 4.13. The second-order valence-corrected chi connectivity index (χ2v) is 11.2. The Morgan fingerprint density at radius 2 is 2.02 bits per heavy atom. The van der Waals surface area contributed by atoms with Crippen molar-refractivity contribution in [1.82, 2.24) is 19.8 Å². The van der Waals surface area contributed by atoms with Crippen LogP contribution in [0.25, 0.3) is 0 Å². The molecule has 4 rings (SSSR count). The molecule has 0 bridgehead atoms. The van der Waals surface area contributed by atoms with Gasteiger partial charge in [-0.05, 0) is 30.9 Å². The zero-order chi connectivity index (χ0) is 29.1. The first-order valence-corrected chi connectivity index (χ1v) is 13.1. The maximum Gasteiger partial charge on any atom is 0.342 e. The lowest BCUT2D eigenvalue weighted by Gasteiger charge is -2.52. The molecule has 15 heteroatoms. The van der Waals surface area contributed by atoms with Crippen LogP contribution in [-0.4, -0.2) is 84.8 Å². The van der Waals surface area contributed by atoms with E-state index < -0.39 is 51.2 Å². The summed E-state index contributed by atoms with van der Waals surface area (Å²) in [4.78, 5) is 66.0. The van der Waals surface area contributed by atoms with Crippen molar-refractivity contribution < 1.29 is 38.3 Å². The number of nitrogens with zero attached hydrogens (tertiary/aromatic N) is 4. The Kier molecular flexibility index (Phi) is 8.28. The van der Waals surface area contributed by atoms with Crippen LogP contribution in [0.3, 0.4) is 0 Å². The number of thioether (sulfide) groups is 1. The normalized spacial score (nSPS) is 22.5. The van der Waals surface area contributed by atoms with E-state index in [1.165, 1.54) is 27.2 Å². The molecule has 1 aromatic heterocycles. The van der Waals surface area contributed by atoms with Crippen LogP contribution < -0.4 is 10.1 Å². The van der Waals surface area contributed by atoms with Crippen molar-refractivity contribution >= 4 is 41.3 Å². The van der Waals surface area contributed by atoms with E-state index in [9.17, 15) is 29.3 Å². The highest BCUT2D eigenvalue weighted by Gasteiger charge is 2.73. The van der Waals surface area contributed by atoms with Gasteiger partial charge in [0, 0.05) is 17.7 Å². The number of hydrogen-bond acceptors (Lipinski definition) is 11. The molecule has 0 spiro atoms. The number of imidazole rings is 1. The third-order valence-electron chi connectivity index (χ3n) is 6.42. The summed E-state index contributed by atoms with van der Waals surface area (Å²) < 4.78 is 17.1. The molecule has 3 atom stereocenters. The van der Waals surface area contributed by atoms with Crippen molar-refractivity contribution in [2.45, 2.75) is 49.2 Å². The molecule has 2 aliphatic heterocycles. The van der Waals surface area contributed by atoms with Gasteiger partial charge in [-0.3, -0.25) is 9.59 Å². The number of para-hydroxylation sites is 1. The second-order valence-electron chi connectivity index (χ2n) is 9.45. The number of amides is 2. The second kappa shape index (κ2) is 11.5. The first-order chi connectivity index (χ1) is 19.0. The van der Waals surface area contributed by atoms with Gasteiger partial charge < -0.3 is 34.5 Å². The smallest absolute Gasteiger partial charge is 0.342 e. The minimum atomic E-state index is -1.87. The molecule has 0 radical (unpaired) electrons. The zero-order valence-electron chi connectivity index (χ0n) is 21.9. The first-order valence-electron chi connectivity index (χ1n) is 12.2. The molecule has 1 aromatic carbocycles. The standard InChI is InChI=1S/C25H27N5O9S/c1-16-26-14-19(30(35)36)28(16)10-13-39-25(27-18(32)15-38-17-8-5-4-6-9-17)22(34)29-20(21(33)37-12-7-11-31)24(2,3)40-23(25)29/h4-9,14,20,23H,10,12-13,15H2,1-3H3,(H,27,32)/t20-,23+,25-/m0/s1. The number of nitro groups is 1. The van der Waals surface area contributed by atoms with Gasteiger partial charge in [0.1, 0.15) is 42.5 Å². The number of benzene rings is 1. The van der Waals surface area contributed by atoms with Crippen LogP contribution in [0.2, 0.25) is 0 Å². The Hall–Kier alpha value is -4.20. The van der Waals surface area contributed by atoms with Gasteiger partial charge >= 0.3 is 11.8 Å². The van der Waals surface area contributed by atoms with Crippen molar-refractivity contribution in [2.75, 3.05) is 19.8 Å². The van der Waals surface area contributed by atoms with Gasteiger partial charge in [-0.1, -0.05) is 18.2 Å². The summed E-state index contributed by atoms with van der Waals surface area (Å²) in [5.41, 5.74) is -1.87. The van der Waals surface area contributed by atoms with Crippen LogP contribution in [0.5, 0.6) is 5.75 Å². The molecular formula is C25H27N5O9S. The molecule has 0 aliphatic carbocycles. The number of nitrogens with one attached hydrogen (secondary N) is 1. The first kappa shape index (κ1) is 28.8. The minimum absolute atomic E-state index is 0.0299. The maximum absolute atomic E-state index is 13.7. The molecule has 0 unspecified atom stereocenters. The number of carbonyl (C=O) groups is 3. The van der Waals surface area contributed by atoms with E-state index in [4.69, 9.17) is 14.2 Å². The molecule has 0 saturated carbocycles. The maximum atomic E-state index is 13.7. The van der Waals surface area contributed by atoms with Gasteiger partial charge in [0.2, 0.25) is 0 Å². The molecule has 2 aliphatic rings. The molecule has 14 nitrogen and oxygen atoms in total. The number of fused-ring (bicyclic) bond motifs is 1. The van der Waals surface area contributed by atoms with E-state index >= 15 is 0 Å². The number of rotatable bonds is 12. The Labute approximate surface area is 232 Å². The van der Waals surface area contributed by atoms with E-state index in [1.807, 2.05) is 0 Å². The summed E-state index contributed by atoms with van der Waals surface area (Å²) in [6, 6.07) is 7.58. The van der Waals surface area contributed by atoms with Gasteiger partial charge in [-0.25, -0.2) is 19.1 Å². The highest BCUT2D eigenvalue weighted by molar-refractivity contribution is 8.01. The van der Waals surface area contributed by atoms with Crippen LogP contribution in [0, 0.1) is 17.0 Å². The Morgan fingerprint density at radius 3 is 2.70 bits per heavy atom. The number of hydrogen-bond donors (Lipinski definition) is 1. The average molecular weight is 574 g/mol. The Morgan fingerprint density at radius 1 is 1.30 bits per heavy atom. The molecule has 3 heterocycles. The fourth-order valence-electron chi connectivity index (χ4n) is 4.62. The number of esters is 1. The third-order valence-corrected chi connectivity index (χ3v) is 8.04. The van der Waals surface area contributed by atoms with Crippen LogP contribution >= 0.6 is 11.8 Å². The summed E-state index contributed by atoms with van der Waals surface area (Å²) >= 11 is 1.23. The average Bonchev–Trinajstić information content (AvgIpc) is 3.42. The number of ether oxygens (including phenoxy) is 3. The highest BCUT2D eigenvalue weighted by Crippen LogP contribution is 2.55. The van der Waals surface area contributed by atoms with Crippen LogP contribution in [-0.2, 0) is 35.2 Å².